The predicted molar refractivity (Wildman–Crippen MR) is 86.3 cm³/mol. The van der Waals surface area contributed by atoms with Gasteiger partial charge in [0.25, 0.3) is 0 Å². The van der Waals surface area contributed by atoms with Gasteiger partial charge in [-0.2, -0.15) is 4.98 Å². The van der Waals surface area contributed by atoms with Crippen molar-refractivity contribution in [2.45, 2.75) is 25.4 Å². The normalized spacial score (nSPS) is 18.1. The van der Waals surface area contributed by atoms with Gasteiger partial charge in [0.1, 0.15) is 11.5 Å². The van der Waals surface area contributed by atoms with Crippen LogP contribution in [0, 0.1) is 5.82 Å². The maximum absolute atomic E-state index is 13.1. The third-order valence-electron chi connectivity index (χ3n) is 4.32. The van der Waals surface area contributed by atoms with Gasteiger partial charge in [0, 0.05) is 12.2 Å². The van der Waals surface area contributed by atoms with Crippen molar-refractivity contribution in [2.24, 2.45) is 0 Å². The van der Waals surface area contributed by atoms with E-state index >= 15 is 0 Å². The van der Waals surface area contributed by atoms with E-state index in [2.05, 4.69) is 20.0 Å². The number of halogens is 1. The molecule has 0 aliphatic carbocycles. The summed E-state index contributed by atoms with van der Waals surface area (Å²) in [6, 6.07) is 12.6. The fourth-order valence-electron chi connectivity index (χ4n) is 3.17. The molecule has 1 aliphatic heterocycles. The first-order valence-electron chi connectivity index (χ1n) is 8.03. The van der Waals surface area contributed by atoms with E-state index in [1.165, 1.54) is 12.1 Å². The molecular weight excluding hydrogens is 307 g/mol. The zero-order chi connectivity index (χ0) is 16.4. The molecule has 1 aromatic carbocycles. The molecule has 0 saturated carbocycles. The topological polar surface area (TPSA) is 55.1 Å². The first kappa shape index (κ1) is 15.0. The van der Waals surface area contributed by atoms with Gasteiger partial charge in [-0.3, -0.25) is 9.88 Å². The molecule has 3 heterocycles. The number of rotatable bonds is 4. The number of hydrogen-bond acceptors (Lipinski definition) is 5. The van der Waals surface area contributed by atoms with Crippen molar-refractivity contribution in [3.8, 4) is 11.5 Å². The van der Waals surface area contributed by atoms with E-state index in [9.17, 15) is 4.39 Å². The zero-order valence-electron chi connectivity index (χ0n) is 13.1. The lowest BCUT2D eigenvalue weighted by atomic mass is 10.0. The van der Waals surface area contributed by atoms with Crippen LogP contribution in [0.3, 0.4) is 0 Å². The van der Waals surface area contributed by atoms with Gasteiger partial charge in [0.15, 0.2) is 0 Å². The fraction of sp³-hybridized carbons (Fsp3) is 0.278. The summed E-state index contributed by atoms with van der Waals surface area (Å²) >= 11 is 0. The van der Waals surface area contributed by atoms with Crippen molar-refractivity contribution < 1.29 is 8.91 Å². The van der Waals surface area contributed by atoms with Crippen molar-refractivity contribution >= 4 is 0 Å². The molecule has 5 nitrogen and oxygen atoms in total. The highest BCUT2D eigenvalue weighted by Crippen LogP contribution is 2.33. The predicted octanol–water partition coefficient (Wildman–Crippen LogP) is 3.61. The fourth-order valence-corrected chi connectivity index (χ4v) is 3.17. The van der Waals surface area contributed by atoms with Crippen molar-refractivity contribution in [1.82, 2.24) is 20.0 Å². The van der Waals surface area contributed by atoms with Gasteiger partial charge in [-0.15, -0.1) is 0 Å². The highest BCUT2D eigenvalue weighted by Gasteiger charge is 2.27. The summed E-state index contributed by atoms with van der Waals surface area (Å²) in [6.07, 6.45) is 3.85. The zero-order valence-corrected chi connectivity index (χ0v) is 13.1. The van der Waals surface area contributed by atoms with Gasteiger partial charge in [0.05, 0.1) is 6.54 Å². The van der Waals surface area contributed by atoms with Crippen LogP contribution in [0.4, 0.5) is 4.39 Å². The number of likely N-dealkylation sites (tertiary alicyclic amines) is 1. The third-order valence-corrected chi connectivity index (χ3v) is 4.32. The Morgan fingerprint density at radius 2 is 2.04 bits per heavy atom. The minimum Gasteiger partial charge on any atom is -0.337 e. The minimum atomic E-state index is -0.208. The van der Waals surface area contributed by atoms with E-state index in [0.717, 1.165) is 24.9 Å². The summed E-state index contributed by atoms with van der Waals surface area (Å²) in [4.78, 5) is 11.0. The standard InChI is InChI=1S/C18H17FN4O/c19-14-8-6-13(7-9-14)16-5-3-11-23(16)12-17-21-18(22-24-17)15-4-1-2-10-20-15/h1-2,4,6-10,16H,3,5,11-12H2. The lowest BCUT2D eigenvalue weighted by Crippen LogP contribution is -2.22. The van der Waals surface area contributed by atoms with Crippen molar-refractivity contribution in [3.05, 3.63) is 65.9 Å². The SMILES string of the molecule is Fc1ccc(C2CCCN2Cc2nc(-c3ccccn3)no2)cc1. The van der Waals surface area contributed by atoms with Crippen LogP contribution >= 0.6 is 0 Å². The molecule has 1 fully saturated rings. The highest BCUT2D eigenvalue weighted by molar-refractivity contribution is 5.47. The van der Waals surface area contributed by atoms with Gasteiger partial charge in [-0.1, -0.05) is 23.4 Å². The van der Waals surface area contributed by atoms with Gasteiger partial charge in [-0.25, -0.2) is 4.39 Å². The summed E-state index contributed by atoms with van der Waals surface area (Å²) < 4.78 is 18.5. The Labute approximate surface area is 139 Å². The van der Waals surface area contributed by atoms with Crippen LogP contribution < -0.4 is 0 Å². The monoisotopic (exact) mass is 324 g/mol. The number of benzene rings is 1. The molecule has 0 spiro atoms. The Morgan fingerprint density at radius 3 is 2.83 bits per heavy atom. The molecule has 0 bridgehead atoms. The molecule has 0 N–H and O–H groups in total. The first-order valence-corrected chi connectivity index (χ1v) is 8.03. The second kappa shape index (κ2) is 6.49. The Kier molecular flexibility index (Phi) is 4.04. The van der Waals surface area contributed by atoms with Crippen LogP contribution in [0.5, 0.6) is 0 Å². The van der Waals surface area contributed by atoms with Crippen molar-refractivity contribution in [2.75, 3.05) is 6.54 Å². The molecule has 24 heavy (non-hydrogen) atoms. The molecule has 6 heteroatoms. The Morgan fingerprint density at radius 1 is 1.17 bits per heavy atom. The van der Waals surface area contributed by atoms with Crippen LogP contribution in [0.25, 0.3) is 11.5 Å². The molecule has 1 saturated heterocycles. The van der Waals surface area contributed by atoms with Crippen molar-refractivity contribution in [1.29, 1.82) is 0 Å². The van der Waals surface area contributed by atoms with Crippen LogP contribution in [0.2, 0.25) is 0 Å². The number of aromatic nitrogens is 3. The molecule has 0 radical (unpaired) electrons. The summed E-state index contributed by atoms with van der Waals surface area (Å²) in [6.45, 7) is 1.55. The summed E-state index contributed by atoms with van der Waals surface area (Å²) in [5.74, 6) is 0.869. The summed E-state index contributed by atoms with van der Waals surface area (Å²) in [5, 5.41) is 4.01. The quantitative estimate of drug-likeness (QED) is 0.734. The second-order valence-corrected chi connectivity index (χ2v) is 5.91. The molecule has 2 aromatic heterocycles. The van der Waals surface area contributed by atoms with E-state index in [-0.39, 0.29) is 11.9 Å². The van der Waals surface area contributed by atoms with Gasteiger partial charge >= 0.3 is 0 Å². The highest BCUT2D eigenvalue weighted by atomic mass is 19.1. The van der Waals surface area contributed by atoms with E-state index < -0.39 is 0 Å². The van der Waals surface area contributed by atoms with Crippen LogP contribution in [0.15, 0.2) is 53.2 Å². The molecule has 122 valence electrons. The Bertz CT molecular complexity index is 803. The Balaban J connectivity index is 1.50. The lowest BCUT2D eigenvalue weighted by Gasteiger charge is -2.23. The summed E-state index contributed by atoms with van der Waals surface area (Å²) in [5.41, 5.74) is 1.82. The smallest absolute Gasteiger partial charge is 0.241 e. The van der Waals surface area contributed by atoms with Crippen LogP contribution in [-0.2, 0) is 6.54 Å². The average Bonchev–Trinajstić information content (AvgIpc) is 3.27. The number of hydrogen-bond donors (Lipinski definition) is 0. The van der Waals surface area contributed by atoms with E-state index in [1.54, 1.807) is 6.20 Å². The van der Waals surface area contributed by atoms with E-state index in [0.29, 0.717) is 24.0 Å². The molecule has 0 amide bonds. The van der Waals surface area contributed by atoms with Gasteiger partial charge in [-0.05, 0) is 49.2 Å². The molecule has 1 atom stereocenters. The van der Waals surface area contributed by atoms with Gasteiger partial charge < -0.3 is 4.52 Å². The van der Waals surface area contributed by atoms with Crippen LogP contribution in [-0.4, -0.2) is 26.6 Å². The third kappa shape index (κ3) is 3.05. The van der Waals surface area contributed by atoms with Crippen molar-refractivity contribution in [3.63, 3.8) is 0 Å². The largest absolute Gasteiger partial charge is 0.337 e. The molecule has 1 unspecified atom stereocenters. The molecule has 4 rings (SSSR count). The van der Waals surface area contributed by atoms with E-state index in [1.807, 2.05) is 30.3 Å². The molecular formula is C18H17FN4O. The Hall–Kier alpha value is -2.60. The number of pyridine rings is 1. The average molecular weight is 324 g/mol. The second-order valence-electron chi connectivity index (χ2n) is 5.91. The first-order chi connectivity index (χ1) is 11.8. The molecule has 3 aromatic rings. The maximum Gasteiger partial charge on any atom is 0.241 e. The van der Waals surface area contributed by atoms with Gasteiger partial charge in [0.2, 0.25) is 11.7 Å². The van der Waals surface area contributed by atoms with Crippen LogP contribution in [0.1, 0.15) is 30.3 Å². The minimum absolute atomic E-state index is 0.208. The van der Waals surface area contributed by atoms with E-state index in [4.69, 9.17) is 4.52 Å². The number of nitrogens with zero attached hydrogens (tertiary/aromatic N) is 4. The molecule has 1 aliphatic rings. The maximum atomic E-state index is 13.1. The summed E-state index contributed by atoms with van der Waals surface area (Å²) in [7, 11) is 0. The lowest BCUT2D eigenvalue weighted by molar-refractivity contribution is 0.212.